The zero-order valence-corrected chi connectivity index (χ0v) is 15.0. The molecular formula is C21H23N3O2. The van der Waals surface area contributed by atoms with E-state index >= 15 is 0 Å². The maximum atomic E-state index is 13.6. The molecule has 1 atom stereocenters. The second kappa shape index (κ2) is 6.56. The van der Waals surface area contributed by atoms with Crippen LogP contribution in [0, 0.1) is 6.92 Å². The summed E-state index contributed by atoms with van der Waals surface area (Å²) in [6.07, 6.45) is 4.99. The quantitative estimate of drug-likeness (QED) is 0.907. The Labute approximate surface area is 153 Å². The number of pyridine rings is 1. The molecule has 3 heterocycles. The lowest BCUT2D eigenvalue weighted by atomic mass is 9.85. The van der Waals surface area contributed by atoms with Gasteiger partial charge < -0.3 is 10.2 Å². The van der Waals surface area contributed by atoms with E-state index in [9.17, 15) is 9.59 Å². The number of amides is 2. The molecule has 5 heteroatoms. The van der Waals surface area contributed by atoms with Crippen LogP contribution in [0.4, 0.5) is 0 Å². The summed E-state index contributed by atoms with van der Waals surface area (Å²) in [5.41, 5.74) is 2.49. The summed E-state index contributed by atoms with van der Waals surface area (Å²) in [5.74, 6) is -0.0820. The molecule has 2 saturated heterocycles. The van der Waals surface area contributed by atoms with Crippen molar-refractivity contribution in [2.24, 2.45) is 0 Å². The third-order valence-electron chi connectivity index (χ3n) is 5.65. The van der Waals surface area contributed by atoms with Gasteiger partial charge in [-0.15, -0.1) is 0 Å². The molecule has 4 rings (SSSR count). The van der Waals surface area contributed by atoms with E-state index in [-0.39, 0.29) is 11.8 Å². The molecule has 2 amide bonds. The predicted molar refractivity (Wildman–Crippen MR) is 99.7 cm³/mol. The van der Waals surface area contributed by atoms with Crippen LogP contribution < -0.4 is 5.32 Å². The molecule has 134 valence electrons. The highest BCUT2D eigenvalue weighted by molar-refractivity contribution is 6.05. The molecule has 1 aromatic heterocycles. The molecule has 0 saturated carbocycles. The average molecular weight is 349 g/mol. The fourth-order valence-corrected chi connectivity index (χ4v) is 4.36. The van der Waals surface area contributed by atoms with Gasteiger partial charge in [-0.3, -0.25) is 14.6 Å². The van der Waals surface area contributed by atoms with E-state index < -0.39 is 5.54 Å². The smallest absolute Gasteiger partial charge is 0.257 e. The van der Waals surface area contributed by atoms with E-state index in [1.807, 2.05) is 43.3 Å². The number of aromatic nitrogens is 1. The van der Waals surface area contributed by atoms with Crippen LogP contribution in [0.5, 0.6) is 0 Å². The van der Waals surface area contributed by atoms with Crippen molar-refractivity contribution in [1.29, 1.82) is 0 Å². The van der Waals surface area contributed by atoms with Crippen molar-refractivity contribution in [3.63, 3.8) is 0 Å². The normalized spacial score (nSPS) is 22.5. The van der Waals surface area contributed by atoms with E-state index in [2.05, 4.69) is 10.3 Å². The van der Waals surface area contributed by atoms with Gasteiger partial charge in [-0.25, -0.2) is 0 Å². The number of likely N-dealkylation sites (tertiary alicyclic amines) is 1. The zero-order chi connectivity index (χ0) is 18.1. The molecule has 5 nitrogen and oxygen atoms in total. The van der Waals surface area contributed by atoms with E-state index in [1.165, 1.54) is 0 Å². The maximum absolute atomic E-state index is 13.6. The Kier molecular flexibility index (Phi) is 4.23. The fourth-order valence-electron chi connectivity index (χ4n) is 4.36. The molecule has 2 aliphatic heterocycles. The van der Waals surface area contributed by atoms with Crippen LogP contribution in [-0.2, 0) is 4.79 Å². The number of aryl methyl sites for hydroxylation is 1. The minimum atomic E-state index is -0.689. The lowest BCUT2D eigenvalue weighted by Gasteiger charge is -2.40. The highest BCUT2D eigenvalue weighted by Crippen LogP contribution is 2.38. The first-order chi connectivity index (χ1) is 12.6. The zero-order valence-electron chi connectivity index (χ0n) is 15.0. The topological polar surface area (TPSA) is 62.3 Å². The molecule has 1 spiro atoms. The Morgan fingerprint density at radius 1 is 1.15 bits per heavy atom. The predicted octanol–water partition coefficient (Wildman–Crippen LogP) is 2.94. The van der Waals surface area contributed by atoms with Crippen LogP contribution in [0.25, 0.3) is 11.1 Å². The van der Waals surface area contributed by atoms with Crippen molar-refractivity contribution in [3.05, 3.63) is 53.9 Å². The van der Waals surface area contributed by atoms with Crippen molar-refractivity contribution in [1.82, 2.24) is 15.2 Å². The van der Waals surface area contributed by atoms with Gasteiger partial charge in [0.15, 0.2) is 0 Å². The first-order valence-electron chi connectivity index (χ1n) is 9.25. The minimum absolute atomic E-state index is 0.00240. The fraction of sp³-hybridized carbons (Fsp3) is 0.381. The summed E-state index contributed by atoms with van der Waals surface area (Å²) in [5, 5.41) is 2.96. The van der Waals surface area contributed by atoms with Gasteiger partial charge in [0.2, 0.25) is 5.91 Å². The molecule has 1 N–H and O–H groups in total. The van der Waals surface area contributed by atoms with Gasteiger partial charge in [0.25, 0.3) is 5.91 Å². The van der Waals surface area contributed by atoms with E-state index in [0.29, 0.717) is 24.3 Å². The number of nitrogens with zero attached hydrogens (tertiary/aromatic N) is 2. The van der Waals surface area contributed by atoms with Crippen LogP contribution in [0.15, 0.2) is 42.6 Å². The van der Waals surface area contributed by atoms with Crippen molar-refractivity contribution >= 4 is 11.8 Å². The Balaban J connectivity index is 1.78. The second-order valence-electron chi connectivity index (χ2n) is 7.14. The van der Waals surface area contributed by atoms with E-state index in [1.54, 1.807) is 11.1 Å². The molecule has 2 aromatic rings. The average Bonchev–Trinajstić information content (AvgIpc) is 3.09. The Bertz CT molecular complexity index is 850. The SMILES string of the molecule is Cc1nccc(-c2ccccc2)c1C(=O)N1CCCC12CCCNC2=O. The molecule has 0 aliphatic carbocycles. The summed E-state index contributed by atoms with van der Waals surface area (Å²) in [6.45, 7) is 3.18. The summed E-state index contributed by atoms with van der Waals surface area (Å²) in [4.78, 5) is 32.4. The highest BCUT2D eigenvalue weighted by Gasteiger charge is 2.51. The molecule has 1 unspecified atom stereocenters. The second-order valence-corrected chi connectivity index (χ2v) is 7.14. The Morgan fingerprint density at radius 2 is 1.92 bits per heavy atom. The number of nitrogens with one attached hydrogen (secondary N) is 1. The third-order valence-corrected chi connectivity index (χ3v) is 5.65. The number of rotatable bonds is 2. The van der Waals surface area contributed by atoms with Crippen molar-refractivity contribution in [2.45, 2.75) is 38.1 Å². The summed E-state index contributed by atoms with van der Waals surface area (Å²) in [6, 6.07) is 11.8. The molecule has 0 radical (unpaired) electrons. The summed E-state index contributed by atoms with van der Waals surface area (Å²) in [7, 11) is 0. The van der Waals surface area contributed by atoms with Gasteiger partial charge in [-0.2, -0.15) is 0 Å². The molecule has 1 aromatic carbocycles. The summed E-state index contributed by atoms with van der Waals surface area (Å²) >= 11 is 0. The van der Waals surface area contributed by atoms with Crippen molar-refractivity contribution in [3.8, 4) is 11.1 Å². The number of carbonyl (C=O) groups excluding carboxylic acids is 2. The summed E-state index contributed by atoms with van der Waals surface area (Å²) < 4.78 is 0. The lowest BCUT2D eigenvalue weighted by Crippen LogP contribution is -2.60. The number of hydrogen-bond donors (Lipinski definition) is 1. The van der Waals surface area contributed by atoms with Crippen LogP contribution in [-0.4, -0.2) is 40.3 Å². The maximum Gasteiger partial charge on any atom is 0.257 e. The highest BCUT2D eigenvalue weighted by atomic mass is 16.2. The first kappa shape index (κ1) is 16.8. The molecule has 0 bridgehead atoms. The van der Waals surface area contributed by atoms with E-state index in [0.717, 1.165) is 36.8 Å². The van der Waals surface area contributed by atoms with Gasteiger partial charge in [-0.1, -0.05) is 30.3 Å². The molecule has 2 fully saturated rings. The third kappa shape index (κ3) is 2.59. The van der Waals surface area contributed by atoms with Gasteiger partial charge in [0.05, 0.1) is 11.3 Å². The van der Waals surface area contributed by atoms with Crippen LogP contribution in [0.3, 0.4) is 0 Å². The Hall–Kier alpha value is -2.69. The van der Waals surface area contributed by atoms with Crippen LogP contribution in [0.1, 0.15) is 41.7 Å². The largest absolute Gasteiger partial charge is 0.354 e. The molecular weight excluding hydrogens is 326 g/mol. The monoisotopic (exact) mass is 349 g/mol. The van der Waals surface area contributed by atoms with Crippen molar-refractivity contribution < 1.29 is 9.59 Å². The van der Waals surface area contributed by atoms with Gasteiger partial charge in [0, 0.05) is 19.3 Å². The van der Waals surface area contributed by atoms with Gasteiger partial charge in [-0.05, 0) is 49.8 Å². The number of hydrogen-bond acceptors (Lipinski definition) is 3. The molecule has 26 heavy (non-hydrogen) atoms. The van der Waals surface area contributed by atoms with Gasteiger partial charge >= 0.3 is 0 Å². The van der Waals surface area contributed by atoms with Crippen LogP contribution in [0.2, 0.25) is 0 Å². The Morgan fingerprint density at radius 3 is 2.69 bits per heavy atom. The van der Waals surface area contributed by atoms with Crippen molar-refractivity contribution in [2.75, 3.05) is 13.1 Å². The number of carbonyl (C=O) groups is 2. The van der Waals surface area contributed by atoms with Crippen LogP contribution >= 0.6 is 0 Å². The number of benzene rings is 1. The first-order valence-corrected chi connectivity index (χ1v) is 9.25. The minimum Gasteiger partial charge on any atom is -0.354 e. The van der Waals surface area contributed by atoms with Gasteiger partial charge in [0.1, 0.15) is 5.54 Å². The standard InChI is InChI=1S/C21H23N3O2/c1-15-18(17(9-13-22-15)16-7-3-2-4-8-16)19(25)24-14-6-11-21(24)10-5-12-23-20(21)26/h2-4,7-9,13H,5-6,10-12,14H2,1H3,(H,23,26). The lowest BCUT2D eigenvalue weighted by molar-refractivity contribution is -0.133. The van der Waals surface area contributed by atoms with E-state index in [4.69, 9.17) is 0 Å². The number of piperidine rings is 1. The molecule has 2 aliphatic rings.